The third-order valence-electron chi connectivity index (χ3n) is 2.28. The molecule has 2 amide bonds. The second-order valence-corrected chi connectivity index (χ2v) is 3.82. The number of carbonyl (C=O) groups excluding carboxylic acids is 2. The second kappa shape index (κ2) is 6.61. The van der Waals surface area contributed by atoms with Gasteiger partial charge in [0.05, 0.1) is 6.61 Å². The van der Waals surface area contributed by atoms with Gasteiger partial charge in [-0.15, -0.1) is 0 Å². The highest BCUT2D eigenvalue weighted by molar-refractivity contribution is 5.86. The fraction of sp³-hybridized carbons (Fsp3) is 0.333. The number of rotatable bonds is 5. The van der Waals surface area contributed by atoms with Gasteiger partial charge in [0, 0.05) is 13.5 Å². The molecule has 0 fully saturated rings. The molecule has 1 rings (SSSR count). The maximum absolute atomic E-state index is 11.6. The molecule has 0 radical (unpaired) electrons. The summed E-state index contributed by atoms with van der Waals surface area (Å²) in [5.41, 5.74) is 0.806. The molecule has 4 N–H and O–H groups in total. The molecule has 0 spiro atoms. The number of aliphatic hydroxyl groups excluding tert-OH is 1. The van der Waals surface area contributed by atoms with Crippen LogP contribution >= 0.6 is 0 Å². The van der Waals surface area contributed by atoms with Crippen LogP contribution in [0.1, 0.15) is 12.5 Å². The maximum atomic E-state index is 11.6. The molecule has 0 saturated carbocycles. The van der Waals surface area contributed by atoms with Crippen molar-refractivity contribution in [1.29, 1.82) is 0 Å². The van der Waals surface area contributed by atoms with E-state index in [1.165, 1.54) is 19.1 Å². The van der Waals surface area contributed by atoms with Gasteiger partial charge in [-0.05, 0) is 17.7 Å². The molecule has 1 aromatic carbocycles. The Morgan fingerprint density at radius 1 is 1.28 bits per heavy atom. The van der Waals surface area contributed by atoms with Crippen LogP contribution in [0.3, 0.4) is 0 Å². The number of hydrogen-bond donors (Lipinski definition) is 4. The van der Waals surface area contributed by atoms with Gasteiger partial charge in [0.25, 0.3) is 0 Å². The van der Waals surface area contributed by atoms with Gasteiger partial charge in [0.1, 0.15) is 11.8 Å². The van der Waals surface area contributed by atoms with Crippen LogP contribution in [0.15, 0.2) is 24.3 Å². The second-order valence-electron chi connectivity index (χ2n) is 3.82. The summed E-state index contributed by atoms with van der Waals surface area (Å²) in [4.78, 5) is 22.4. The molecule has 0 heterocycles. The molecule has 1 aromatic rings. The average molecular weight is 252 g/mol. The number of amides is 2. The standard InChI is InChI=1S/C12H16N2O4/c1-8(16)14-11(7-15)12(18)13-6-9-2-4-10(17)5-3-9/h2-5,11,15,17H,6-7H2,1H3,(H,13,18)(H,14,16)/t11-/m1/s1. The highest BCUT2D eigenvalue weighted by Crippen LogP contribution is 2.09. The zero-order valence-corrected chi connectivity index (χ0v) is 10.0. The molecule has 6 heteroatoms. The first-order chi connectivity index (χ1) is 8.52. The Morgan fingerprint density at radius 3 is 2.39 bits per heavy atom. The van der Waals surface area contributed by atoms with E-state index in [-0.39, 0.29) is 18.2 Å². The molecule has 1 atom stereocenters. The van der Waals surface area contributed by atoms with Crippen LogP contribution in [-0.4, -0.2) is 34.7 Å². The topological polar surface area (TPSA) is 98.7 Å². The van der Waals surface area contributed by atoms with Gasteiger partial charge in [-0.25, -0.2) is 0 Å². The van der Waals surface area contributed by atoms with Gasteiger partial charge in [0.15, 0.2) is 0 Å². The Bertz CT molecular complexity index is 417. The molecule has 6 nitrogen and oxygen atoms in total. The summed E-state index contributed by atoms with van der Waals surface area (Å²) < 4.78 is 0. The maximum Gasteiger partial charge on any atom is 0.245 e. The van der Waals surface area contributed by atoms with Crippen molar-refractivity contribution >= 4 is 11.8 Å². The minimum Gasteiger partial charge on any atom is -0.508 e. The van der Waals surface area contributed by atoms with Crippen LogP contribution < -0.4 is 10.6 Å². The normalized spacial score (nSPS) is 11.7. The SMILES string of the molecule is CC(=O)N[C@H](CO)C(=O)NCc1ccc(O)cc1. The van der Waals surface area contributed by atoms with Crippen molar-refractivity contribution < 1.29 is 19.8 Å². The summed E-state index contributed by atoms with van der Waals surface area (Å²) >= 11 is 0. The number of phenols is 1. The number of carbonyl (C=O) groups is 2. The lowest BCUT2D eigenvalue weighted by Gasteiger charge is -2.15. The largest absolute Gasteiger partial charge is 0.508 e. The summed E-state index contributed by atoms with van der Waals surface area (Å²) in [5.74, 6) is -0.689. The quantitative estimate of drug-likeness (QED) is 0.568. The van der Waals surface area contributed by atoms with E-state index >= 15 is 0 Å². The summed E-state index contributed by atoms with van der Waals surface area (Å²) in [7, 11) is 0. The molecule has 98 valence electrons. The molecular formula is C12H16N2O4. The van der Waals surface area contributed by atoms with E-state index in [0.29, 0.717) is 0 Å². The molecule has 18 heavy (non-hydrogen) atoms. The monoisotopic (exact) mass is 252 g/mol. The van der Waals surface area contributed by atoms with Gasteiger partial charge in [0.2, 0.25) is 11.8 Å². The molecule has 0 aliphatic heterocycles. The Morgan fingerprint density at radius 2 is 1.89 bits per heavy atom. The van der Waals surface area contributed by atoms with Crippen LogP contribution in [0, 0.1) is 0 Å². The van der Waals surface area contributed by atoms with Gasteiger partial charge in [-0.1, -0.05) is 12.1 Å². The zero-order chi connectivity index (χ0) is 13.5. The summed E-state index contributed by atoms with van der Waals surface area (Å²) in [6, 6.07) is 5.42. The van der Waals surface area contributed by atoms with E-state index in [0.717, 1.165) is 5.56 Å². The highest BCUT2D eigenvalue weighted by atomic mass is 16.3. The smallest absolute Gasteiger partial charge is 0.245 e. The van der Waals surface area contributed by atoms with Gasteiger partial charge in [-0.2, -0.15) is 0 Å². The van der Waals surface area contributed by atoms with Crippen molar-refractivity contribution in [1.82, 2.24) is 10.6 Å². The molecule has 0 aromatic heterocycles. The van der Waals surface area contributed by atoms with Crippen LogP contribution in [0.2, 0.25) is 0 Å². The van der Waals surface area contributed by atoms with Crippen molar-refractivity contribution in [3.8, 4) is 5.75 Å². The molecular weight excluding hydrogens is 236 g/mol. The molecule has 0 saturated heterocycles. The van der Waals surface area contributed by atoms with Crippen LogP contribution in [0.5, 0.6) is 5.75 Å². The lowest BCUT2D eigenvalue weighted by molar-refractivity contribution is -0.129. The van der Waals surface area contributed by atoms with Crippen LogP contribution in [0.25, 0.3) is 0 Å². The predicted molar refractivity (Wildman–Crippen MR) is 64.6 cm³/mol. The lowest BCUT2D eigenvalue weighted by atomic mass is 10.2. The number of phenolic OH excluding ortho intramolecular Hbond substituents is 1. The van der Waals surface area contributed by atoms with Gasteiger partial charge >= 0.3 is 0 Å². The van der Waals surface area contributed by atoms with Gasteiger partial charge in [-0.3, -0.25) is 9.59 Å². The number of hydrogen-bond acceptors (Lipinski definition) is 4. The Labute approximate surface area is 105 Å². The van der Waals surface area contributed by atoms with Crippen LogP contribution in [0.4, 0.5) is 0 Å². The van der Waals surface area contributed by atoms with Crippen molar-refractivity contribution in [3.05, 3.63) is 29.8 Å². The van der Waals surface area contributed by atoms with Gasteiger partial charge < -0.3 is 20.8 Å². The van der Waals surface area contributed by atoms with E-state index in [2.05, 4.69) is 10.6 Å². The first-order valence-corrected chi connectivity index (χ1v) is 5.46. The zero-order valence-electron chi connectivity index (χ0n) is 10.0. The number of nitrogens with one attached hydrogen (secondary N) is 2. The summed E-state index contributed by atoms with van der Waals surface area (Å²) in [6.45, 7) is 1.08. The van der Waals surface area contributed by atoms with Crippen molar-refractivity contribution in [3.63, 3.8) is 0 Å². The summed E-state index contributed by atoms with van der Waals surface area (Å²) in [5, 5.41) is 23.0. The van der Waals surface area contributed by atoms with Crippen molar-refractivity contribution in [2.75, 3.05) is 6.61 Å². The third kappa shape index (κ3) is 4.42. The Hall–Kier alpha value is -2.08. The fourth-order valence-corrected chi connectivity index (χ4v) is 1.37. The first-order valence-electron chi connectivity index (χ1n) is 5.46. The van der Waals surface area contributed by atoms with E-state index in [1.807, 2.05) is 0 Å². The number of aliphatic hydroxyl groups is 1. The third-order valence-corrected chi connectivity index (χ3v) is 2.28. The number of aromatic hydroxyl groups is 1. The molecule has 0 aliphatic carbocycles. The van der Waals surface area contributed by atoms with E-state index in [4.69, 9.17) is 10.2 Å². The van der Waals surface area contributed by atoms with Crippen LogP contribution in [-0.2, 0) is 16.1 Å². The molecule has 0 aliphatic rings. The first kappa shape index (κ1) is 14.0. The molecule has 0 unspecified atom stereocenters. The van der Waals surface area contributed by atoms with E-state index < -0.39 is 18.6 Å². The van der Waals surface area contributed by atoms with Crippen molar-refractivity contribution in [2.45, 2.75) is 19.5 Å². The van der Waals surface area contributed by atoms with E-state index in [9.17, 15) is 9.59 Å². The average Bonchev–Trinajstić information content (AvgIpc) is 2.34. The highest BCUT2D eigenvalue weighted by Gasteiger charge is 2.17. The summed E-state index contributed by atoms with van der Waals surface area (Å²) in [6.07, 6.45) is 0. The van der Waals surface area contributed by atoms with E-state index in [1.54, 1.807) is 12.1 Å². The fourth-order valence-electron chi connectivity index (χ4n) is 1.37. The Kier molecular flexibility index (Phi) is 5.13. The minimum atomic E-state index is -0.945. The minimum absolute atomic E-state index is 0.150. The number of benzene rings is 1. The predicted octanol–water partition coefficient (Wildman–Crippen LogP) is -0.495. The Balaban J connectivity index is 2.49. The molecule has 0 bridgehead atoms. The van der Waals surface area contributed by atoms with Crippen molar-refractivity contribution in [2.24, 2.45) is 0 Å². The lowest BCUT2D eigenvalue weighted by Crippen LogP contribution is -2.48.